The molecule has 1 aliphatic rings. The zero-order valence-corrected chi connectivity index (χ0v) is 11.2. The van der Waals surface area contributed by atoms with Crippen molar-refractivity contribution in [3.8, 4) is 0 Å². The van der Waals surface area contributed by atoms with Gasteiger partial charge in [0.2, 0.25) is 5.91 Å². The Morgan fingerprint density at radius 2 is 2.24 bits per heavy atom. The lowest BCUT2D eigenvalue weighted by Crippen LogP contribution is -2.32. The van der Waals surface area contributed by atoms with Gasteiger partial charge in [-0.2, -0.15) is 0 Å². The lowest BCUT2D eigenvalue weighted by atomic mass is 9.94. The van der Waals surface area contributed by atoms with Crippen molar-refractivity contribution < 1.29 is 4.79 Å². The summed E-state index contributed by atoms with van der Waals surface area (Å²) < 4.78 is 0.771. The van der Waals surface area contributed by atoms with Gasteiger partial charge in [-0.05, 0) is 44.0 Å². The van der Waals surface area contributed by atoms with Crippen LogP contribution in [0.1, 0.15) is 24.1 Å². The van der Waals surface area contributed by atoms with Crippen LogP contribution in [0.2, 0.25) is 4.34 Å². The molecule has 94 valence electrons. The van der Waals surface area contributed by atoms with E-state index < -0.39 is 0 Å². The Morgan fingerprint density at radius 3 is 2.88 bits per heavy atom. The van der Waals surface area contributed by atoms with Crippen LogP contribution in [0.4, 0.5) is 0 Å². The van der Waals surface area contributed by atoms with Gasteiger partial charge in [-0.15, -0.1) is 11.3 Å². The third-order valence-electron chi connectivity index (χ3n) is 3.02. The maximum atomic E-state index is 11.7. The van der Waals surface area contributed by atoms with Gasteiger partial charge >= 0.3 is 0 Å². The molecule has 1 aliphatic heterocycles. The highest BCUT2D eigenvalue weighted by atomic mass is 35.5. The number of piperidine rings is 1. The molecule has 0 aliphatic carbocycles. The molecule has 0 radical (unpaired) electrons. The molecule has 0 saturated carbocycles. The molecule has 0 bridgehead atoms. The molecule has 1 aromatic rings. The number of halogens is 1. The van der Waals surface area contributed by atoms with Gasteiger partial charge in [0.15, 0.2) is 0 Å². The number of nitrogens with one attached hydrogen (secondary N) is 2. The second kappa shape index (κ2) is 6.38. The van der Waals surface area contributed by atoms with Crippen LogP contribution in [0.25, 0.3) is 0 Å². The van der Waals surface area contributed by atoms with Gasteiger partial charge in [0, 0.05) is 11.3 Å². The predicted molar refractivity (Wildman–Crippen MR) is 71.4 cm³/mol. The fraction of sp³-hybridized carbons (Fsp3) is 0.583. The summed E-state index contributed by atoms with van der Waals surface area (Å²) in [7, 11) is 0. The first-order chi connectivity index (χ1) is 8.24. The van der Waals surface area contributed by atoms with Gasteiger partial charge in [-0.3, -0.25) is 4.79 Å². The molecule has 3 nitrogen and oxygen atoms in total. The van der Waals surface area contributed by atoms with Gasteiger partial charge in [0.1, 0.15) is 0 Å². The zero-order valence-electron chi connectivity index (χ0n) is 9.67. The lowest BCUT2D eigenvalue weighted by molar-refractivity contribution is -0.122. The van der Waals surface area contributed by atoms with Crippen molar-refractivity contribution in [3.05, 3.63) is 21.3 Å². The van der Waals surface area contributed by atoms with E-state index in [9.17, 15) is 4.79 Å². The molecule has 17 heavy (non-hydrogen) atoms. The first kappa shape index (κ1) is 12.9. The Morgan fingerprint density at radius 1 is 1.47 bits per heavy atom. The monoisotopic (exact) mass is 272 g/mol. The standard InChI is InChI=1S/C12H17ClN2OS/c13-11-2-1-10(17-11)8-15-12(16)7-9-3-5-14-6-4-9/h1-2,9,14H,3-8H2,(H,15,16). The predicted octanol–water partition coefficient (Wildman–Crippen LogP) is 2.41. The Hall–Kier alpha value is -0.580. The molecule has 1 amide bonds. The molecule has 0 unspecified atom stereocenters. The molecule has 5 heteroatoms. The van der Waals surface area contributed by atoms with E-state index in [2.05, 4.69) is 10.6 Å². The second-order valence-corrected chi connectivity index (χ2v) is 6.18. The number of hydrogen-bond acceptors (Lipinski definition) is 3. The van der Waals surface area contributed by atoms with Crippen molar-refractivity contribution in [1.29, 1.82) is 0 Å². The Bertz CT molecular complexity index is 374. The molecule has 1 saturated heterocycles. The summed E-state index contributed by atoms with van der Waals surface area (Å²) in [5.74, 6) is 0.699. The lowest BCUT2D eigenvalue weighted by Gasteiger charge is -2.21. The highest BCUT2D eigenvalue weighted by Gasteiger charge is 2.16. The number of hydrogen-bond donors (Lipinski definition) is 2. The van der Waals surface area contributed by atoms with Gasteiger partial charge in [0.25, 0.3) is 0 Å². The van der Waals surface area contributed by atoms with Crippen molar-refractivity contribution >= 4 is 28.8 Å². The van der Waals surface area contributed by atoms with Crippen molar-refractivity contribution in [1.82, 2.24) is 10.6 Å². The van der Waals surface area contributed by atoms with E-state index in [0.29, 0.717) is 18.9 Å². The first-order valence-electron chi connectivity index (χ1n) is 5.95. The molecule has 1 aromatic heterocycles. The molecular weight excluding hydrogens is 256 g/mol. The summed E-state index contributed by atoms with van der Waals surface area (Å²) >= 11 is 7.35. The van der Waals surface area contributed by atoms with Crippen LogP contribution in [-0.2, 0) is 11.3 Å². The summed E-state index contributed by atoms with van der Waals surface area (Å²) in [5, 5.41) is 6.26. The SMILES string of the molecule is O=C(CC1CCNCC1)NCc1ccc(Cl)s1. The van der Waals surface area contributed by atoms with E-state index in [1.807, 2.05) is 12.1 Å². The number of carbonyl (C=O) groups excluding carboxylic acids is 1. The zero-order chi connectivity index (χ0) is 12.1. The van der Waals surface area contributed by atoms with E-state index in [-0.39, 0.29) is 5.91 Å². The summed E-state index contributed by atoms with van der Waals surface area (Å²) in [6, 6.07) is 3.82. The molecule has 1 fully saturated rings. The van der Waals surface area contributed by atoms with Crippen molar-refractivity contribution in [2.45, 2.75) is 25.8 Å². The van der Waals surface area contributed by atoms with E-state index in [0.717, 1.165) is 35.1 Å². The van der Waals surface area contributed by atoms with Crippen molar-refractivity contribution in [3.63, 3.8) is 0 Å². The third-order valence-corrected chi connectivity index (χ3v) is 4.25. The molecule has 0 atom stereocenters. The maximum absolute atomic E-state index is 11.7. The van der Waals surface area contributed by atoms with Crippen LogP contribution in [-0.4, -0.2) is 19.0 Å². The van der Waals surface area contributed by atoms with Crippen LogP contribution in [0.5, 0.6) is 0 Å². The Balaban J connectivity index is 1.70. The third kappa shape index (κ3) is 4.30. The van der Waals surface area contributed by atoms with Gasteiger partial charge in [0.05, 0.1) is 10.9 Å². The largest absolute Gasteiger partial charge is 0.351 e. The minimum Gasteiger partial charge on any atom is -0.351 e. The molecular formula is C12H17ClN2OS. The van der Waals surface area contributed by atoms with Crippen LogP contribution >= 0.6 is 22.9 Å². The molecule has 0 spiro atoms. The van der Waals surface area contributed by atoms with E-state index in [4.69, 9.17) is 11.6 Å². The summed E-state index contributed by atoms with van der Waals surface area (Å²) in [6.07, 6.45) is 2.87. The molecule has 2 heterocycles. The van der Waals surface area contributed by atoms with Gasteiger partial charge < -0.3 is 10.6 Å². The number of thiophene rings is 1. The number of carbonyl (C=O) groups is 1. The minimum atomic E-state index is 0.154. The van der Waals surface area contributed by atoms with Crippen molar-refractivity contribution in [2.24, 2.45) is 5.92 Å². The van der Waals surface area contributed by atoms with Gasteiger partial charge in [-0.1, -0.05) is 11.6 Å². The summed E-state index contributed by atoms with van der Waals surface area (Å²) in [6.45, 7) is 2.68. The fourth-order valence-corrected chi connectivity index (χ4v) is 3.08. The molecule has 0 aromatic carbocycles. The fourth-order valence-electron chi connectivity index (χ4n) is 2.05. The average molecular weight is 273 g/mol. The Labute approximate surface area is 111 Å². The van der Waals surface area contributed by atoms with Crippen molar-refractivity contribution in [2.75, 3.05) is 13.1 Å². The van der Waals surface area contributed by atoms with Crippen LogP contribution in [0, 0.1) is 5.92 Å². The van der Waals surface area contributed by atoms with E-state index in [1.54, 1.807) is 0 Å². The first-order valence-corrected chi connectivity index (χ1v) is 7.15. The normalized spacial score (nSPS) is 17.0. The van der Waals surface area contributed by atoms with Crippen LogP contribution in [0.15, 0.2) is 12.1 Å². The molecule has 2 N–H and O–H groups in total. The maximum Gasteiger partial charge on any atom is 0.220 e. The number of rotatable bonds is 4. The minimum absolute atomic E-state index is 0.154. The smallest absolute Gasteiger partial charge is 0.220 e. The summed E-state index contributed by atoms with van der Waals surface area (Å²) in [4.78, 5) is 12.8. The topological polar surface area (TPSA) is 41.1 Å². The van der Waals surface area contributed by atoms with Crippen LogP contribution in [0.3, 0.4) is 0 Å². The summed E-state index contributed by atoms with van der Waals surface area (Å²) in [5.41, 5.74) is 0. The Kier molecular flexibility index (Phi) is 4.83. The van der Waals surface area contributed by atoms with E-state index in [1.165, 1.54) is 11.3 Å². The highest BCUT2D eigenvalue weighted by molar-refractivity contribution is 7.16. The van der Waals surface area contributed by atoms with E-state index >= 15 is 0 Å². The highest BCUT2D eigenvalue weighted by Crippen LogP contribution is 2.21. The number of amides is 1. The molecule has 2 rings (SSSR count). The average Bonchev–Trinajstić information content (AvgIpc) is 2.74. The van der Waals surface area contributed by atoms with Crippen LogP contribution < -0.4 is 10.6 Å². The quantitative estimate of drug-likeness (QED) is 0.884. The van der Waals surface area contributed by atoms with Gasteiger partial charge in [-0.25, -0.2) is 0 Å². The second-order valence-electron chi connectivity index (χ2n) is 4.38.